The van der Waals surface area contributed by atoms with Crippen LogP contribution in [0.1, 0.15) is 19.7 Å². The number of rotatable bonds is 6. The van der Waals surface area contributed by atoms with Gasteiger partial charge in [-0.05, 0) is 13.8 Å². The summed E-state index contributed by atoms with van der Waals surface area (Å²) in [5, 5.41) is 16.7. The van der Waals surface area contributed by atoms with Crippen LogP contribution in [0.3, 0.4) is 0 Å². The highest BCUT2D eigenvalue weighted by Crippen LogP contribution is 1.87. The van der Waals surface area contributed by atoms with Crippen LogP contribution < -0.4 is 5.32 Å². The van der Waals surface area contributed by atoms with Gasteiger partial charge in [0.1, 0.15) is 0 Å². The number of hydrogen-bond donors (Lipinski definition) is 2. The van der Waals surface area contributed by atoms with E-state index in [4.69, 9.17) is 4.74 Å². The topological polar surface area (TPSA) is 75.7 Å². The van der Waals surface area contributed by atoms with Crippen molar-refractivity contribution in [2.45, 2.75) is 26.4 Å². The van der Waals surface area contributed by atoms with Crippen LogP contribution in [0.2, 0.25) is 0 Å². The molecule has 13 heavy (non-hydrogen) atoms. The second-order valence-electron chi connectivity index (χ2n) is 2.77. The molecular weight excluding hydrogens is 170 g/mol. The summed E-state index contributed by atoms with van der Waals surface area (Å²) in [7, 11) is 0. The summed E-state index contributed by atoms with van der Waals surface area (Å²) >= 11 is 0. The maximum atomic E-state index is 5.24. The molecule has 0 amide bonds. The van der Waals surface area contributed by atoms with Gasteiger partial charge in [0.05, 0.1) is 13.2 Å². The fraction of sp³-hybridized carbons (Fsp3) is 0.857. The summed E-state index contributed by atoms with van der Waals surface area (Å²) in [5.41, 5.74) is 0. The van der Waals surface area contributed by atoms with Crippen molar-refractivity contribution in [2.75, 3.05) is 13.2 Å². The van der Waals surface area contributed by atoms with Gasteiger partial charge >= 0.3 is 0 Å². The highest BCUT2D eigenvalue weighted by Gasteiger charge is 2.02. The van der Waals surface area contributed by atoms with Crippen molar-refractivity contribution in [3.8, 4) is 0 Å². The molecule has 0 aliphatic carbocycles. The number of hydrogen-bond acceptors (Lipinski definition) is 5. The molecule has 0 radical (unpaired) electrons. The molecule has 0 fully saturated rings. The van der Waals surface area contributed by atoms with E-state index in [0.717, 1.165) is 6.61 Å². The number of nitrogens with one attached hydrogen (secondary N) is 2. The quantitative estimate of drug-likeness (QED) is 0.637. The second kappa shape index (κ2) is 5.60. The first kappa shape index (κ1) is 10.1. The lowest BCUT2D eigenvalue weighted by Gasteiger charge is -2.11. The van der Waals surface area contributed by atoms with Crippen molar-refractivity contribution in [1.29, 1.82) is 0 Å². The molecule has 2 N–H and O–H groups in total. The normalized spacial score (nSPS) is 13.1. The smallest absolute Gasteiger partial charge is 0.188 e. The third-order valence-electron chi connectivity index (χ3n) is 1.57. The Labute approximate surface area is 77.1 Å². The van der Waals surface area contributed by atoms with Crippen LogP contribution in [-0.4, -0.2) is 39.9 Å². The predicted molar refractivity (Wildman–Crippen MR) is 47.0 cm³/mol. The van der Waals surface area contributed by atoms with E-state index in [1.54, 1.807) is 0 Å². The Morgan fingerprint density at radius 3 is 3.08 bits per heavy atom. The molecule has 1 rings (SSSR count). The summed E-state index contributed by atoms with van der Waals surface area (Å²) in [6, 6.07) is 0.304. The van der Waals surface area contributed by atoms with E-state index in [9.17, 15) is 0 Å². The second-order valence-corrected chi connectivity index (χ2v) is 2.77. The van der Waals surface area contributed by atoms with Crippen LogP contribution in [-0.2, 0) is 11.3 Å². The number of nitrogens with zero attached hydrogens (tertiary/aromatic N) is 3. The van der Waals surface area contributed by atoms with Crippen molar-refractivity contribution in [1.82, 2.24) is 25.9 Å². The zero-order chi connectivity index (χ0) is 9.52. The first-order chi connectivity index (χ1) is 6.33. The van der Waals surface area contributed by atoms with E-state index in [1.165, 1.54) is 0 Å². The molecule has 0 spiro atoms. The minimum Gasteiger partial charge on any atom is -0.380 e. The minimum atomic E-state index is 0.304. The zero-order valence-electron chi connectivity index (χ0n) is 7.95. The van der Waals surface area contributed by atoms with Gasteiger partial charge in [0.25, 0.3) is 0 Å². The zero-order valence-corrected chi connectivity index (χ0v) is 7.95. The summed E-state index contributed by atoms with van der Waals surface area (Å²) in [6.45, 7) is 6.09. The lowest BCUT2D eigenvalue weighted by atomic mass is 10.3. The maximum Gasteiger partial charge on any atom is 0.188 e. The first-order valence-corrected chi connectivity index (χ1v) is 4.36. The monoisotopic (exact) mass is 185 g/mol. The van der Waals surface area contributed by atoms with Crippen LogP contribution in [0.5, 0.6) is 0 Å². The molecule has 0 aliphatic rings. The lowest BCUT2D eigenvalue weighted by molar-refractivity contribution is 0.126. The molecule has 0 aliphatic heterocycles. The molecule has 1 aromatic rings. The maximum absolute atomic E-state index is 5.24. The Balaban J connectivity index is 2.11. The van der Waals surface area contributed by atoms with Crippen molar-refractivity contribution in [3.05, 3.63) is 5.82 Å². The van der Waals surface area contributed by atoms with E-state index in [0.29, 0.717) is 25.0 Å². The predicted octanol–water partition coefficient (Wildman–Crippen LogP) is -0.286. The Hall–Kier alpha value is -1.01. The van der Waals surface area contributed by atoms with E-state index in [-0.39, 0.29) is 0 Å². The van der Waals surface area contributed by atoms with Crippen LogP contribution >= 0.6 is 0 Å². The minimum absolute atomic E-state index is 0.304. The van der Waals surface area contributed by atoms with Crippen LogP contribution in [0.25, 0.3) is 0 Å². The van der Waals surface area contributed by atoms with Crippen molar-refractivity contribution in [2.24, 2.45) is 0 Å². The van der Waals surface area contributed by atoms with Gasteiger partial charge in [-0.1, -0.05) is 5.21 Å². The van der Waals surface area contributed by atoms with Gasteiger partial charge in [0, 0.05) is 12.6 Å². The molecule has 0 bridgehead atoms. The Kier molecular flexibility index (Phi) is 4.34. The molecule has 6 nitrogen and oxygen atoms in total. The largest absolute Gasteiger partial charge is 0.380 e. The van der Waals surface area contributed by atoms with E-state index in [2.05, 4.69) is 32.9 Å². The first-order valence-electron chi connectivity index (χ1n) is 4.36. The average Bonchev–Trinajstić information content (AvgIpc) is 2.64. The number of aromatic amines is 1. The van der Waals surface area contributed by atoms with Gasteiger partial charge < -0.3 is 10.1 Å². The molecule has 74 valence electrons. The SMILES string of the molecule is CCOCC(C)NCc1nn[nH]n1. The molecule has 0 saturated carbocycles. The third kappa shape index (κ3) is 3.95. The van der Waals surface area contributed by atoms with E-state index in [1.807, 2.05) is 6.92 Å². The van der Waals surface area contributed by atoms with E-state index >= 15 is 0 Å². The number of H-pyrrole nitrogens is 1. The molecule has 1 aromatic heterocycles. The van der Waals surface area contributed by atoms with Crippen molar-refractivity contribution < 1.29 is 4.74 Å². The fourth-order valence-electron chi connectivity index (χ4n) is 0.876. The lowest BCUT2D eigenvalue weighted by Crippen LogP contribution is -2.30. The van der Waals surface area contributed by atoms with Gasteiger partial charge in [0.2, 0.25) is 0 Å². The number of tetrazole rings is 1. The molecular formula is C7H15N5O. The van der Waals surface area contributed by atoms with E-state index < -0.39 is 0 Å². The summed E-state index contributed by atoms with van der Waals surface area (Å²) in [4.78, 5) is 0. The van der Waals surface area contributed by atoms with Crippen molar-refractivity contribution in [3.63, 3.8) is 0 Å². The molecule has 1 heterocycles. The molecule has 0 aromatic carbocycles. The van der Waals surface area contributed by atoms with Gasteiger partial charge in [-0.15, -0.1) is 10.2 Å². The highest BCUT2D eigenvalue weighted by atomic mass is 16.5. The van der Waals surface area contributed by atoms with Gasteiger partial charge in [0.15, 0.2) is 5.82 Å². The Morgan fingerprint density at radius 2 is 2.46 bits per heavy atom. The molecule has 1 unspecified atom stereocenters. The van der Waals surface area contributed by atoms with Gasteiger partial charge in [-0.3, -0.25) is 0 Å². The van der Waals surface area contributed by atoms with Crippen LogP contribution in [0.4, 0.5) is 0 Å². The molecule has 6 heteroatoms. The van der Waals surface area contributed by atoms with Crippen LogP contribution in [0, 0.1) is 0 Å². The number of ether oxygens (including phenoxy) is 1. The fourth-order valence-corrected chi connectivity index (χ4v) is 0.876. The van der Waals surface area contributed by atoms with Gasteiger partial charge in [-0.2, -0.15) is 5.21 Å². The summed E-state index contributed by atoms with van der Waals surface area (Å²) in [5.74, 6) is 0.670. The molecule has 1 atom stereocenters. The average molecular weight is 185 g/mol. The van der Waals surface area contributed by atoms with Crippen LogP contribution in [0.15, 0.2) is 0 Å². The standard InChI is InChI=1S/C7H15N5O/c1-3-13-5-6(2)8-4-7-9-11-12-10-7/h6,8H,3-5H2,1-2H3,(H,9,10,11,12). The Morgan fingerprint density at radius 1 is 1.62 bits per heavy atom. The van der Waals surface area contributed by atoms with Crippen molar-refractivity contribution >= 4 is 0 Å². The summed E-state index contributed by atoms with van der Waals surface area (Å²) in [6.07, 6.45) is 0. The highest BCUT2D eigenvalue weighted by molar-refractivity contribution is 4.75. The Bertz CT molecular complexity index is 213. The van der Waals surface area contributed by atoms with Gasteiger partial charge in [-0.25, -0.2) is 0 Å². The summed E-state index contributed by atoms with van der Waals surface area (Å²) < 4.78 is 5.24. The number of aromatic nitrogens is 4. The third-order valence-corrected chi connectivity index (χ3v) is 1.57. The molecule has 0 saturated heterocycles.